The van der Waals surface area contributed by atoms with Gasteiger partial charge in [-0.15, -0.1) is 0 Å². The maximum Gasteiger partial charge on any atom is 0.124 e. The van der Waals surface area contributed by atoms with Gasteiger partial charge in [-0.3, -0.25) is 5.41 Å². The van der Waals surface area contributed by atoms with Crippen molar-refractivity contribution in [3.8, 4) is 0 Å². The second-order valence-corrected chi connectivity index (χ2v) is 5.45. The number of nitrogen functional groups attached to an aromatic ring is 1. The van der Waals surface area contributed by atoms with Gasteiger partial charge < -0.3 is 15.4 Å². The third-order valence-electron chi connectivity index (χ3n) is 3.47. The normalized spacial score (nSPS) is 19.2. The number of hydrogen-bond acceptors (Lipinski definition) is 3. The standard InChI is InChI=1S/C14H20ClN3O/c1-18(8-10-3-2-6-19-9-10)11-4-5-12(14(16)17)13(15)7-11/h4-5,7,10H,2-3,6,8-9H2,1H3,(H3,16,17). The lowest BCUT2D eigenvalue weighted by atomic mass is 10.0. The Hall–Kier alpha value is -1.26. The van der Waals surface area contributed by atoms with Crippen LogP contribution in [-0.2, 0) is 4.74 Å². The quantitative estimate of drug-likeness (QED) is 0.658. The van der Waals surface area contributed by atoms with Gasteiger partial charge in [0.1, 0.15) is 5.84 Å². The van der Waals surface area contributed by atoms with Crippen molar-refractivity contribution < 1.29 is 4.74 Å². The number of nitrogens with two attached hydrogens (primary N) is 1. The fraction of sp³-hybridized carbons (Fsp3) is 0.500. The molecule has 0 aliphatic carbocycles. The van der Waals surface area contributed by atoms with E-state index in [1.807, 2.05) is 19.2 Å². The lowest BCUT2D eigenvalue weighted by molar-refractivity contribution is 0.0576. The van der Waals surface area contributed by atoms with Crippen molar-refractivity contribution in [3.63, 3.8) is 0 Å². The van der Waals surface area contributed by atoms with Crippen molar-refractivity contribution in [3.05, 3.63) is 28.8 Å². The molecule has 1 unspecified atom stereocenters. The Morgan fingerprint density at radius 3 is 2.95 bits per heavy atom. The topological polar surface area (TPSA) is 62.3 Å². The van der Waals surface area contributed by atoms with E-state index in [1.54, 1.807) is 6.07 Å². The summed E-state index contributed by atoms with van der Waals surface area (Å²) < 4.78 is 5.50. The molecule has 0 aromatic heterocycles. The molecule has 0 amide bonds. The molecule has 5 heteroatoms. The van der Waals surface area contributed by atoms with E-state index >= 15 is 0 Å². The molecule has 1 saturated heterocycles. The summed E-state index contributed by atoms with van der Waals surface area (Å²) in [4.78, 5) is 2.18. The Kier molecular flexibility index (Phi) is 4.66. The van der Waals surface area contributed by atoms with Crippen molar-refractivity contribution in [2.45, 2.75) is 12.8 Å². The summed E-state index contributed by atoms with van der Waals surface area (Å²) in [7, 11) is 2.05. The first-order valence-electron chi connectivity index (χ1n) is 6.50. The Morgan fingerprint density at radius 2 is 2.37 bits per heavy atom. The summed E-state index contributed by atoms with van der Waals surface area (Å²) in [6.45, 7) is 2.68. The molecule has 0 bridgehead atoms. The SMILES string of the molecule is CN(CC1CCCOC1)c1ccc(C(=N)N)c(Cl)c1. The first kappa shape index (κ1) is 14.2. The fourth-order valence-electron chi connectivity index (χ4n) is 2.40. The molecule has 1 aliphatic heterocycles. The van der Waals surface area contributed by atoms with Gasteiger partial charge in [0.2, 0.25) is 0 Å². The average molecular weight is 282 g/mol. The molecule has 4 nitrogen and oxygen atoms in total. The van der Waals surface area contributed by atoms with Crippen LogP contribution in [0.2, 0.25) is 5.02 Å². The Balaban J connectivity index is 2.04. The fourth-order valence-corrected chi connectivity index (χ4v) is 2.68. The van der Waals surface area contributed by atoms with Gasteiger partial charge in [0.25, 0.3) is 0 Å². The summed E-state index contributed by atoms with van der Waals surface area (Å²) in [5.41, 5.74) is 7.08. The zero-order chi connectivity index (χ0) is 13.8. The molecular weight excluding hydrogens is 262 g/mol. The van der Waals surface area contributed by atoms with Gasteiger partial charge in [0, 0.05) is 31.5 Å². The molecule has 104 valence electrons. The number of amidine groups is 1. The predicted octanol–water partition coefficient (Wildman–Crippen LogP) is 2.49. The molecule has 2 rings (SSSR count). The van der Waals surface area contributed by atoms with Crippen molar-refractivity contribution in [2.24, 2.45) is 11.7 Å². The zero-order valence-electron chi connectivity index (χ0n) is 11.2. The van der Waals surface area contributed by atoms with Crippen LogP contribution in [0.5, 0.6) is 0 Å². The van der Waals surface area contributed by atoms with Crippen LogP contribution in [0.1, 0.15) is 18.4 Å². The number of ether oxygens (including phenoxy) is 1. The molecule has 1 atom stereocenters. The second-order valence-electron chi connectivity index (χ2n) is 5.04. The smallest absolute Gasteiger partial charge is 0.124 e. The number of halogens is 1. The van der Waals surface area contributed by atoms with Crippen molar-refractivity contribution >= 4 is 23.1 Å². The van der Waals surface area contributed by atoms with Gasteiger partial charge >= 0.3 is 0 Å². The zero-order valence-corrected chi connectivity index (χ0v) is 11.9. The molecule has 1 aromatic carbocycles. The van der Waals surface area contributed by atoms with Crippen LogP contribution < -0.4 is 10.6 Å². The Bertz CT molecular complexity index is 458. The molecule has 1 fully saturated rings. The molecule has 0 spiro atoms. The first-order chi connectivity index (χ1) is 9.08. The summed E-state index contributed by atoms with van der Waals surface area (Å²) in [5, 5.41) is 7.95. The molecule has 3 N–H and O–H groups in total. The van der Waals surface area contributed by atoms with Gasteiger partial charge in [-0.05, 0) is 37.0 Å². The molecule has 19 heavy (non-hydrogen) atoms. The highest BCUT2D eigenvalue weighted by Crippen LogP contribution is 2.24. The van der Waals surface area contributed by atoms with Crippen LogP contribution in [-0.4, -0.2) is 32.6 Å². The minimum atomic E-state index is -0.000108. The second kappa shape index (κ2) is 6.26. The van der Waals surface area contributed by atoms with E-state index in [2.05, 4.69) is 4.90 Å². The van der Waals surface area contributed by atoms with Gasteiger partial charge in [-0.2, -0.15) is 0 Å². The van der Waals surface area contributed by atoms with E-state index < -0.39 is 0 Å². The third-order valence-corrected chi connectivity index (χ3v) is 3.78. The highest BCUT2D eigenvalue weighted by Gasteiger charge is 2.16. The monoisotopic (exact) mass is 281 g/mol. The number of nitrogens with one attached hydrogen (secondary N) is 1. The minimum absolute atomic E-state index is 0.000108. The summed E-state index contributed by atoms with van der Waals surface area (Å²) in [6.07, 6.45) is 2.35. The van der Waals surface area contributed by atoms with Gasteiger partial charge in [0.15, 0.2) is 0 Å². The predicted molar refractivity (Wildman–Crippen MR) is 79.3 cm³/mol. The minimum Gasteiger partial charge on any atom is -0.384 e. The molecule has 1 aliphatic rings. The Labute approximate surface area is 119 Å². The lowest BCUT2D eigenvalue weighted by Gasteiger charge is -2.28. The van der Waals surface area contributed by atoms with Gasteiger partial charge in [-0.1, -0.05) is 11.6 Å². The first-order valence-corrected chi connectivity index (χ1v) is 6.88. The largest absolute Gasteiger partial charge is 0.384 e. The van der Waals surface area contributed by atoms with Crippen LogP contribution in [0.15, 0.2) is 18.2 Å². The van der Waals surface area contributed by atoms with Gasteiger partial charge in [-0.25, -0.2) is 0 Å². The number of benzene rings is 1. The highest BCUT2D eigenvalue weighted by molar-refractivity contribution is 6.34. The van der Waals surface area contributed by atoms with Gasteiger partial charge in [0.05, 0.1) is 11.6 Å². The van der Waals surface area contributed by atoms with Crippen molar-refractivity contribution in [1.82, 2.24) is 0 Å². The summed E-state index contributed by atoms with van der Waals surface area (Å²) in [5.74, 6) is 0.574. The van der Waals surface area contributed by atoms with Crippen LogP contribution in [0.4, 0.5) is 5.69 Å². The Morgan fingerprint density at radius 1 is 1.58 bits per heavy atom. The molecule has 0 saturated carbocycles. The van der Waals surface area contributed by atoms with E-state index in [9.17, 15) is 0 Å². The molecule has 0 radical (unpaired) electrons. The molecule has 1 aromatic rings. The maximum atomic E-state index is 7.42. The third kappa shape index (κ3) is 3.61. The van der Waals surface area contributed by atoms with E-state index in [0.717, 1.165) is 31.9 Å². The van der Waals surface area contributed by atoms with E-state index in [0.29, 0.717) is 16.5 Å². The average Bonchev–Trinajstić information content (AvgIpc) is 2.39. The maximum absolute atomic E-state index is 7.42. The molecule has 1 heterocycles. The number of nitrogens with zero attached hydrogens (tertiary/aromatic N) is 1. The van der Waals surface area contributed by atoms with E-state index in [4.69, 9.17) is 27.5 Å². The lowest BCUT2D eigenvalue weighted by Crippen LogP contribution is -2.30. The summed E-state index contributed by atoms with van der Waals surface area (Å²) in [6, 6.07) is 5.61. The van der Waals surface area contributed by atoms with Crippen molar-refractivity contribution in [2.75, 3.05) is 31.7 Å². The van der Waals surface area contributed by atoms with Crippen LogP contribution in [0.25, 0.3) is 0 Å². The molecular formula is C14H20ClN3O. The number of rotatable bonds is 4. The van der Waals surface area contributed by atoms with Crippen LogP contribution in [0.3, 0.4) is 0 Å². The van der Waals surface area contributed by atoms with Crippen molar-refractivity contribution in [1.29, 1.82) is 5.41 Å². The van der Waals surface area contributed by atoms with Crippen LogP contribution >= 0.6 is 11.6 Å². The van der Waals surface area contributed by atoms with E-state index in [-0.39, 0.29) is 5.84 Å². The number of anilines is 1. The van der Waals surface area contributed by atoms with E-state index in [1.165, 1.54) is 6.42 Å². The summed E-state index contributed by atoms with van der Waals surface area (Å²) >= 11 is 6.14. The van der Waals surface area contributed by atoms with Crippen LogP contribution in [0, 0.1) is 11.3 Å². The highest BCUT2D eigenvalue weighted by atomic mass is 35.5. The number of hydrogen-bond donors (Lipinski definition) is 2.